The number of carbonyl (C=O) groups excluding carboxylic acids is 1. The van der Waals surface area contributed by atoms with Crippen LogP contribution in [-0.4, -0.2) is 38.3 Å². The SMILES string of the molecule is CO[C@H]1CNCC1NC(=O)/C=C/c1cccs1. The second-order valence-corrected chi connectivity index (χ2v) is 4.88. The first kappa shape index (κ1) is 12.3. The third-order valence-electron chi connectivity index (χ3n) is 2.73. The van der Waals surface area contributed by atoms with Crippen LogP contribution in [-0.2, 0) is 9.53 Å². The van der Waals surface area contributed by atoms with Crippen LogP contribution in [0.1, 0.15) is 4.88 Å². The summed E-state index contributed by atoms with van der Waals surface area (Å²) >= 11 is 1.61. The molecule has 0 aromatic carbocycles. The zero-order valence-corrected chi connectivity index (χ0v) is 10.5. The Bertz CT molecular complexity index is 389. The molecule has 2 heterocycles. The molecule has 1 unspecified atom stereocenters. The summed E-state index contributed by atoms with van der Waals surface area (Å²) in [5.41, 5.74) is 0. The van der Waals surface area contributed by atoms with Crippen LogP contribution in [0.4, 0.5) is 0 Å². The van der Waals surface area contributed by atoms with Gasteiger partial charge in [-0.2, -0.15) is 0 Å². The molecule has 1 aromatic rings. The van der Waals surface area contributed by atoms with Crippen LogP contribution in [0.3, 0.4) is 0 Å². The standard InChI is InChI=1S/C12H16N2O2S/c1-16-11-8-13-7-10(11)14-12(15)5-4-9-3-2-6-17-9/h2-6,10-11,13H,7-8H2,1H3,(H,14,15)/b5-4+/t10?,11-/m0/s1. The summed E-state index contributed by atoms with van der Waals surface area (Å²) in [7, 11) is 1.66. The monoisotopic (exact) mass is 252 g/mol. The molecule has 1 aliphatic rings. The Morgan fingerprint density at radius 2 is 2.53 bits per heavy atom. The fraction of sp³-hybridized carbons (Fsp3) is 0.417. The lowest BCUT2D eigenvalue weighted by Gasteiger charge is -2.17. The maximum Gasteiger partial charge on any atom is 0.244 e. The van der Waals surface area contributed by atoms with E-state index in [4.69, 9.17) is 4.74 Å². The summed E-state index contributed by atoms with van der Waals surface area (Å²) in [5.74, 6) is -0.0749. The van der Waals surface area contributed by atoms with Crippen LogP contribution in [0.5, 0.6) is 0 Å². The maximum atomic E-state index is 11.7. The minimum absolute atomic E-state index is 0.0560. The Labute approximate surface area is 105 Å². The molecule has 0 aliphatic carbocycles. The molecule has 2 N–H and O–H groups in total. The van der Waals surface area contributed by atoms with Crippen LogP contribution >= 0.6 is 11.3 Å². The third-order valence-corrected chi connectivity index (χ3v) is 3.57. The number of rotatable bonds is 4. The van der Waals surface area contributed by atoms with E-state index in [-0.39, 0.29) is 18.1 Å². The van der Waals surface area contributed by atoms with E-state index in [0.717, 1.165) is 18.0 Å². The van der Waals surface area contributed by atoms with Crippen molar-refractivity contribution in [3.63, 3.8) is 0 Å². The predicted octanol–water partition coefficient (Wildman–Crippen LogP) is 0.864. The summed E-state index contributed by atoms with van der Waals surface area (Å²) in [4.78, 5) is 12.8. The highest BCUT2D eigenvalue weighted by Crippen LogP contribution is 2.10. The van der Waals surface area contributed by atoms with E-state index >= 15 is 0 Å². The second-order valence-electron chi connectivity index (χ2n) is 3.90. The second kappa shape index (κ2) is 5.95. The third kappa shape index (κ3) is 3.39. The fourth-order valence-electron chi connectivity index (χ4n) is 1.82. The molecule has 1 aliphatic heterocycles. The highest BCUT2D eigenvalue weighted by Gasteiger charge is 2.27. The van der Waals surface area contributed by atoms with Gasteiger partial charge in [0.15, 0.2) is 0 Å². The molecule has 0 saturated carbocycles. The Kier molecular flexibility index (Phi) is 4.30. The molecule has 0 radical (unpaired) electrons. The average Bonchev–Trinajstić information content (AvgIpc) is 2.97. The summed E-state index contributed by atoms with van der Waals surface area (Å²) in [5, 5.41) is 8.11. The molecule has 1 fully saturated rings. The average molecular weight is 252 g/mol. The van der Waals surface area contributed by atoms with Crippen molar-refractivity contribution in [3.05, 3.63) is 28.5 Å². The van der Waals surface area contributed by atoms with Gasteiger partial charge in [-0.25, -0.2) is 0 Å². The molecule has 1 amide bonds. The van der Waals surface area contributed by atoms with Gasteiger partial charge in [0.05, 0.1) is 12.1 Å². The van der Waals surface area contributed by atoms with Crippen molar-refractivity contribution < 1.29 is 9.53 Å². The maximum absolute atomic E-state index is 11.7. The predicted molar refractivity (Wildman–Crippen MR) is 69.0 cm³/mol. The molecule has 4 nitrogen and oxygen atoms in total. The number of amides is 1. The summed E-state index contributed by atoms with van der Waals surface area (Å²) in [6.07, 6.45) is 3.45. The smallest absolute Gasteiger partial charge is 0.244 e. The van der Waals surface area contributed by atoms with Crippen LogP contribution in [0.25, 0.3) is 6.08 Å². The largest absolute Gasteiger partial charge is 0.378 e. The topological polar surface area (TPSA) is 50.4 Å². The minimum atomic E-state index is -0.0749. The van der Waals surface area contributed by atoms with E-state index in [2.05, 4.69) is 10.6 Å². The van der Waals surface area contributed by atoms with E-state index < -0.39 is 0 Å². The van der Waals surface area contributed by atoms with E-state index in [0.29, 0.717) is 0 Å². The molecule has 2 rings (SSSR count). The number of thiophene rings is 1. The van der Waals surface area contributed by atoms with E-state index in [1.165, 1.54) is 0 Å². The Hall–Kier alpha value is -1.17. The van der Waals surface area contributed by atoms with E-state index in [1.54, 1.807) is 24.5 Å². The molecule has 92 valence electrons. The van der Waals surface area contributed by atoms with Crippen LogP contribution in [0, 0.1) is 0 Å². The van der Waals surface area contributed by atoms with Gasteiger partial charge in [-0.1, -0.05) is 6.07 Å². The highest BCUT2D eigenvalue weighted by molar-refractivity contribution is 7.10. The van der Waals surface area contributed by atoms with Gasteiger partial charge in [0.25, 0.3) is 0 Å². The van der Waals surface area contributed by atoms with Crippen LogP contribution in [0.15, 0.2) is 23.6 Å². The molecule has 2 atom stereocenters. The number of nitrogens with one attached hydrogen (secondary N) is 2. The lowest BCUT2D eigenvalue weighted by atomic mass is 10.2. The lowest BCUT2D eigenvalue weighted by molar-refractivity contribution is -0.117. The number of hydrogen-bond acceptors (Lipinski definition) is 4. The fourth-order valence-corrected chi connectivity index (χ4v) is 2.44. The Balaban J connectivity index is 1.85. The van der Waals surface area contributed by atoms with E-state index in [1.807, 2.05) is 23.6 Å². The van der Waals surface area contributed by atoms with Crippen molar-refractivity contribution in [3.8, 4) is 0 Å². The Morgan fingerprint density at radius 3 is 3.24 bits per heavy atom. The molecule has 0 bridgehead atoms. The van der Waals surface area contributed by atoms with Crippen molar-refractivity contribution in [2.75, 3.05) is 20.2 Å². The first-order chi connectivity index (χ1) is 8.29. The molecule has 17 heavy (non-hydrogen) atoms. The summed E-state index contributed by atoms with van der Waals surface area (Å²) < 4.78 is 5.28. The first-order valence-corrected chi connectivity index (χ1v) is 6.43. The molecule has 5 heteroatoms. The van der Waals surface area contributed by atoms with Crippen molar-refractivity contribution in [1.29, 1.82) is 0 Å². The number of ether oxygens (including phenoxy) is 1. The number of carbonyl (C=O) groups is 1. The molecule has 1 saturated heterocycles. The van der Waals surface area contributed by atoms with Crippen molar-refractivity contribution in [2.24, 2.45) is 0 Å². The lowest BCUT2D eigenvalue weighted by Crippen LogP contribution is -2.42. The summed E-state index contributed by atoms with van der Waals surface area (Å²) in [6, 6.07) is 3.99. The quantitative estimate of drug-likeness (QED) is 0.782. The van der Waals surface area contributed by atoms with Gasteiger partial charge in [-0.15, -0.1) is 11.3 Å². The molecular formula is C12H16N2O2S. The van der Waals surface area contributed by atoms with Gasteiger partial charge in [0.1, 0.15) is 0 Å². The van der Waals surface area contributed by atoms with Gasteiger partial charge >= 0.3 is 0 Å². The summed E-state index contributed by atoms with van der Waals surface area (Å²) in [6.45, 7) is 1.55. The molecule has 1 aromatic heterocycles. The van der Waals surface area contributed by atoms with Crippen molar-refractivity contribution in [1.82, 2.24) is 10.6 Å². The minimum Gasteiger partial charge on any atom is -0.378 e. The van der Waals surface area contributed by atoms with Gasteiger partial charge in [-0.05, 0) is 17.5 Å². The highest BCUT2D eigenvalue weighted by atomic mass is 32.1. The zero-order chi connectivity index (χ0) is 12.1. The van der Waals surface area contributed by atoms with Crippen molar-refractivity contribution in [2.45, 2.75) is 12.1 Å². The number of methoxy groups -OCH3 is 1. The zero-order valence-electron chi connectivity index (χ0n) is 9.68. The van der Waals surface area contributed by atoms with Crippen LogP contribution < -0.4 is 10.6 Å². The van der Waals surface area contributed by atoms with E-state index in [9.17, 15) is 4.79 Å². The van der Waals surface area contributed by atoms with Crippen LogP contribution in [0.2, 0.25) is 0 Å². The van der Waals surface area contributed by atoms with Crippen molar-refractivity contribution >= 4 is 23.3 Å². The van der Waals surface area contributed by atoms with Gasteiger partial charge < -0.3 is 15.4 Å². The Morgan fingerprint density at radius 1 is 1.65 bits per heavy atom. The van der Waals surface area contributed by atoms with Gasteiger partial charge in [-0.3, -0.25) is 4.79 Å². The normalized spacial score (nSPS) is 24.3. The van der Waals surface area contributed by atoms with Gasteiger partial charge in [0, 0.05) is 31.2 Å². The molecular weight excluding hydrogens is 236 g/mol. The number of hydrogen-bond donors (Lipinski definition) is 2. The van der Waals surface area contributed by atoms with Gasteiger partial charge in [0.2, 0.25) is 5.91 Å². The molecule has 0 spiro atoms. The first-order valence-electron chi connectivity index (χ1n) is 5.55.